The molecule has 0 bridgehead atoms. The molecule has 0 radical (unpaired) electrons. The van der Waals surface area contributed by atoms with E-state index in [-0.39, 0.29) is 0 Å². The molecule has 2 rings (SSSR count). The largest absolute Gasteiger partial charge is 0.356 e. The Morgan fingerprint density at radius 1 is 0.700 bits per heavy atom. The predicted molar refractivity (Wildman–Crippen MR) is 84.2 cm³/mol. The van der Waals surface area contributed by atoms with Crippen molar-refractivity contribution in [1.29, 1.82) is 0 Å². The van der Waals surface area contributed by atoms with Gasteiger partial charge < -0.3 is 24.5 Å². The van der Waals surface area contributed by atoms with Crippen LogP contribution in [0.25, 0.3) is 0 Å². The molecule has 2 aliphatic rings. The van der Waals surface area contributed by atoms with Crippen molar-refractivity contribution in [3.63, 3.8) is 0 Å². The maximum Gasteiger partial charge on any atom is 0.102 e. The fraction of sp³-hybridized carbons (Fsp3) is 0.733. The van der Waals surface area contributed by atoms with Gasteiger partial charge in [-0.3, -0.25) is 0 Å². The zero-order valence-corrected chi connectivity index (χ0v) is 13.3. The smallest absolute Gasteiger partial charge is 0.102 e. The molecule has 114 valence electrons. The van der Waals surface area contributed by atoms with Gasteiger partial charge in [0.1, 0.15) is 11.6 Å². The van der Waals surface area contributed by atoms with Crippen LogP contribution in [0.5, 0.6) is 0 Å². The Bertz CT molecular complexity index is 317. The average Bonchev–Trinajstić information content (AvgIpc) is 2.46. The molecule has 0 aliphatic carbocycles. The average molecular weight is 279 g/mol. The molecule has 2 saturated heterocycles. The van der Waals surface area contributed by atoms with Crippen LogP contribution >= 0.6 is 0 Å². The van der Waals surface area contributed by atoms with Gasteiger partial charge in [0.2, 0.25) is 0 Å². The Labute approximate surface area is 123 Å². The van der Waals surface area contributed by atoms with Crippen LogP contribution < -0.4 is 0 Å². The summed E-state index contributed by atoms with van der Waals surface area (Å²) in [5.41, 5.74) is 0. The van der Waals surface area contributed by atoms with E-state index in [1.165, 1.54) is 0 Å². The lowest BCUT2D eigenvalue weighted by Gasteiger charge is -2.43. The van der Waals surface area contributed by atoms with Gasteiger partial charge in [-0.15, -0.1) is 0 Å². The number of hydrogen-bond donors (Lipinski definition) is 0. The van der Waals surface area contributed by atoms with E-state index in [2.05, 4.69) is 58.8 Å². The van der Waals surface area contributed by atoms with E-state index in [1.54, 1.807) is 0 Å². The Hall–Kier alpha value is -1.20. The number of likely N-dealkylation sites (N-methyl/N-ethyl adjacent to an activating group) is 2. The summed E-state index contributed by atoms with van der Waals surface area (Å²) < 4.78 is 0. The second kappa shape index (κ2) is 6.50. The molecule has 0 unspecified atom stereocenters. The molecule has 2 heterocycles. The third-order valence-electron chi connectivity index (χ3n) is 4.51. The molecular formula is C15H29N5. The van der Waals surface area contributed by atoms with Gasteiger partial charge in [0.15, 0.2) is 0 Å². The van der Waals surface area contributed by atoms with Gasteiger partial charge in [-0.2, -0.15) is 0 Å². The summed E-state index contributed by atoms with van der Waals surface area (Å²) in [7, 11) is 6.43. The van der Waals surface area contributed by atoms with Gasteiger partial charge in [-0.1, -0.05) is 13.2 Å². The fourth-order valence-electron chi connectivity index (χ4n) is 2.70. The SMILES string of the molecule is C=C(N1CCN(C)CC1)N(C)C(=C)N1CCN(C)CC1. The van der Waals surface area contributed by atoms with Gasteiger partial charge in [0, 0.05) is 59.4 Å². The molecule has 0 aromatic heterocycles. The van der Waals surface area contributed by atoms with Crippen molar-refractivity contribution in [2.45, 2.75) is 0 Å². The number of piperazine rings is 2. The highest BCUT2D eigenvalue weighted by molar-refractivity contribution is 5.06. The molecule has 20 heavy (non-hydrogen) atoms. The molecule has 2 fully saturated rings. The molecular weight excluding hydrogens is 250 g/mol. The minimum atomic E-state index is 1.05. The molecule has 0 atom stereocenters. The normalized spacial score (nSPS) is 21.9. The van der Waals surface area contributed by atoms with Crippen molar-refractivity contribution >= 4 is 0 Å². The van der Waals surface area contributed by atoms with E-state index < -0.39 is 0 Å². The lowest BCUT2D eigenvalue weighted by atomic mass is 10.3. The van der Waals surface area contributed by atoms with Crippen molar-refractivity contribution in [3.8, 4) is 0 Å². The van der Waals surface area contributed by atoms with Crippen LogP contribution in [0.15, 0.2) is 24.8 Å². The minimum absolute atomic E-state index is 1.05. The summed E-state index contributed by atoms with van der Waals surface area (Å²) in [6, 6.07) is 0. The summed E-state index contributed by atoms with van der Waals surface area (Å²) in [6.07, 6.45) is 0. The molecule has 0 spiro atoms. The predicted octanol–water partition coefficient (Wildman–Crippen LogP) is 0.355. The topological polar surface area (TPSA) is 16.2 Å². The van der Waals surface area contributed by atoms with Gasteiger partial charge in [-0.05, 0) is 14.1 Å². The Balaban J connectivity index is 1.88. The first kappa shape index (κ1) is 15.2. The summed E-state index contributed by atoms with van der Waals surface area (Å²) in [6.45, 7) is 17.2. The van der Waals surface area contributed by atoms with E-state index in [0.717, 1.165) is 64.0 Å². The molecule has 0 amide bonds. The highest BCUT2D eigenvalue weighted by Crippen LogP contribution is 2.18. The summed E-state index contributed by atoms with van der Waals surface area (Å²) in [5, 5.41) is 0. The summed E-state index contributed by atoms with van der Waals surface area (Å²) >= 11 is 0. The van der Waals surface area contributed by atoms with Crippen molar-refractivity contribution in [2.75, 3.05) is 73.5 Å². The zero-order valence-electron chi connectivity index (χ0n) is 13.3. The van der Waals surface area contributed by atoms with Crippen LogP contribution in [0, 0.1) is 0 Å². The van der Waals surface area contributed by atoms with E-state index in [1.807, 2.05) is 0 Å². The number of hydrogen-bond acceptors (Lipinski definition) is 5. The lowest BCUT2D eigenvalue weighted by Crippen LogP contribution is -2.49. The first-order chi connectivity index (χ1) is 9.49. The molecule has 0 N–H and O–H groups in total. The highest BCUT2D eigenvalue weighted by Gasteiger charge is 2.22. The van der Waals surface area contributed by atoms with Gasteiger partial charge in [0.05, 0.1) is 0 Å². The highest BCUT2D eigenvalue weighted by atomic mass is 15.4. The Morgan fingerprint density at radius 2 is 1.00 bits per heavy atom. The van der Waals surface area contributed by atoms with E-state index in [4.69, 9.17) is 0 Å². The van der Waals surface area contributed by atoms with Crippen LogP contribution in [0.3, 0.4) is 0 Å². The summed E-state index contributed by atoms with van der Waals surface area (Å²) in [5.74, 6) is 2.14. The van der Waals surface area contributed by atoms with Gasteiger partial charge in [0.25, 0.3) is 0 Å². The molecule has 0 saturated carbocycles. The molecule has 0 aromatic rings. The van der Waals surface area contributed by atoms with Crippen molar-refractivity contribution < 1.29 is 0 Å². The molecule has 5 heteroatoms. The van der Waals surface area contributed by atoms with E-state index >= 15 is 0 Å². The second-order valence-corrected chi connectivity index (χ2v) is 5.97. The van der Waals surface area contributed by atoms with Crippen LogP contribution in [0.4, 0.5) is 0 Å². The Morgan fingerprint density at radius 3 is 1.30 bits per heavy atom. The standard InChI is InChI=1S/C15H29N5/c1-14(19-10-6-16(3)7-11-19)18(5)15(2)20-12-8-17(4)9-13-20/h1-2,6-13H2,3-5H3. The van der Waals surface area contributed by atoms with Crippen molar-refractivity contribution in [2.24, 2.45) is 0 Å². The van der Waals surface area contributed by atoms with Gasteiger partial charge >= 0.3 is 0 Å². The number of nitrogens with zero attached hydrogens (tertiary/aromatic N) is 5. The zero-order chi connectivity index (χ0) is 14.7. The molecule has 0 aromatic carbocycles. The molecule has 5 nitrogen and oxygen atoms in total. The quantitative estimate of drug-likeness (QED) is 0.736. The number of rotatable bonds is 4. The van der Waals surface area contributed by atoms with Crippen LogP contribution in [-0.2, 0) is 0 Å². The Kier molecular flexibility index (Phi) is 4.94. The van der Waals surface area contributed by atoms with Crippen molar-refractivity contribution in [3.05, 3.63) is 24.8 Å². The van der Waals surface area contributed by atoms with E-state index in [0.29, 0.717) is 0 Å². The minimum Gasteiger partial charge on any atom is -0.356 e. The van der Waals surface area contributed by atoms with Crippen LogP contribution in [0.2, 0.25) is 0 Å². The van der Waals surface area contributed by atoms with Crippen molar-refractivity contribution in [1.82, 2.24) is 24.5 Å². The maximum atomic E-state index is 4.27. The van der Waals surface area contributed by atoms with Crippen LogP contribution in [-0.4, -0.2) is 98.0 Å². The van der Waals surface area contributed by atoms with E-state index in [9.17, 15) is 0 Å². The lowest BCUT2D eigenvalue weighted by molar-refractivity contribution is 0.124. The third-order valence-corrected chi connectivity index (χ3v) is 4.51. The third kappa shape index (κ3) is 3.46. The van der Waals surface area contributed by atoms with Gasteiger partial charge in [-0.25, -0.2) is 0 Å². The van der Waals surface area contributed by atoms with Crippen LogP contribution in [0.1, 0.15) is 0 Å². The second-order valence-electron chi connectivity index (χ2n) is 5.97. The fourth-order valence-corrected chi connectivity index (χ4v) is 2.70. The first-order valence-corrected chi connectivity index (χ1v) is 7.47. The summed E-state index contributed by atoms with van der Waals surface area (Å²) in [4.78, 5) is 11.6. The molecule has 2 aliphatic heterocycles. The first-order valence-electron chi connectivity index (χ1n) is 7.47. The monoisotopic (exact) mass is 279 g/mol. The maximum absolute atomic E-state index is 4.27.